The van der Waals surface area contributed by atoms with Crippen LogP contribution in [0.2, 0.25) is 0 Å². The molecule has 0 aliphatic carbocycles. The van der Waals surface area contributed by atoms with E-state index >= 15 is 0 Å². The molecular weight excluding hydrogens is 340 g/mol. The normalized spacial score (nSPS) is 17.2. The molecule has 1 aromatic carbocycles. The molecule has 2 aromatic rings. The molecule has 27 heavy (non-hydrogen) atoms. The monoisotopic (exact) mass is 370 g/mol. The predicted molar refractivity (Wildman–Crippen MR) is 108 cm³/mol. The first kappa shape index (κ1) is 19.4. The molecule has 1 unspecified atom stereocenters. The van der Waals surface area contributed by atoms with Gasteiger partial charge < -0.3 is 19.3 Å². The average Bonchev–Trinajstić information content (AvgIpc) is 2.71. The molecule has 0 bridgehead atoms. The van der Waals surface area contributed by atoms with Gasteiger partial charge in [0.15, 0.2) is 11.5 Å². The lowest BCUT2D eigenvalue weighted by Gasteiger charge is -2.38. The minimum atomic E-state index is 0.536. The van der Waals surface area contributed by atoms with E-state index in [2.05, 4.69) is 38.9 Å². The minimum absolute atomic E-state index is 0.536. The molecule has 1 atom stereocenters. The van der Waals surface area contributed by atoms with Gasteiger partial charge in [0.1, 0.15) is 11.6 Å². The number of piperidine rings is 1. The van der Waals surface area contributed by atoms with Crippen molar-refractivity contribution in [2.75, 3.05) is 45.8 Å². The highest BCUT2D eigenvalue weighted by Crippen LogP contribution is 2.28. The van der Waals surface area contributed by atoms with Crippen LogP contribution in [-0.4, -0.2) is 61.8 Å². The van der Waals surface area contributed by atoms with Gasteiger partial charge in [-0.15, -0.1) is 0 Å². The number of aryl methyl sites for hydroxylation is 1. The smallest absolute Gasteiger partial charge is 0.160 e. The summed E-state index contributed by atoms with van der Waals surface area (Å²) in [5, 5.41) is 0. The fourth-order valence-corrected chi connectivity index (χ4v) is 3.67. The van der Waals surface area contributed by atoms with Crippen LogP contribution in [-0.2, 0) is 6.42 Å². The Morgan fingerprint density at radius 1 is 1.19 bits per heavy atom. The van der Waals surface area contributed by atoms with Gasteiger partial charge in [-0.3, -0.25) is 0 Å². The van der Waals surface area contributed by atoms with Gasteiger partial charge in [-0.25, -0.2) is 9.97 Å². The van der Waals surface area contributed by atoms with E-state index in [0.29, 0.717) is 6.04 Å². The van der Waals surface area contributed by atoms with E-state index in [1.807, 2.05) is 25.3 Å². The molecule has 3 rings (SSSR count). The number of benzene rings is 1. The van der Waals surface area contributed by atoms with Crippen LogP contribution in [0.5, 0.6) is 11.5 Å². The van der Waals surface area contributed by atoms with Crippen LogP contribution in [0, 0.1) is 6.92 Å². The molecule has 1 saturated heterocycles. The molecule has 146 valence electrons. The second-order valence-corrected chi connectivity index (χ2v) is 7.12. The number of ether oxygens (including phenoxy) is 2. The van der Waals surface area contributed by atoms with Crippen molar-refractivity contribution < 1.29 is 9.47 Å². The summed E-state index contributed by atoms with van der Waals surface area (Å²) in [6, 6.07) is 8.72. The van der Waals surface area contributed by atoms with Gasteiger partial charge in [-0.05, 0) is 57.0 Å². The van der Waals surface area contributed by atoms with E-state index in [-0.39, 0.29) is 0 Å². The molecule has 1 aromatic heterocycles. The van der Waals surface area contributed by atoms with Crippen LogP contribution >= 0.6 is 0 Å². The molecule has 0 N–H and O–H groups in total. The first-order valence-electron chi connectivity index (χ1n) is 9.56. The van der Waals surface area contributed by atoms with E-state index in [4.69, 9.17) is 9.47 Å². The largest absolute Gasteiger partial charge is 0.493 e. The SMILES string of the molecule is COc1ccc(CCN(C)C2CCCN(c3ccnc(C)n3)C2)cc1OC. The highest BCUT2D eigenvalue weighted by Gasteiger charge is 2.24. The predicted octanol–water partition coefficient (Wildman–Crippen LogP) is 2.95. The number of methoxy groups -OCH3 is 2. The summed E-state index contributed by atoms with van der Waals surface area (Å²) in [7, 11) is 5.57. The molecule has 1 aliphatic rings. The minimum Gasteiger partial charge on any atom is -0.493 e. The Balaban J connectivity index is 1.58. The Labute approximate surface area is 162 Å². The third kappa shape index (κ3) is 4.89. The molecule has 6 heteroatoms. The number of hydrogen-bond donors (Lipinski definition) is 0. The van der Waals surface area contributed by atoms with Crippen LogP contribution in [0.15, 0.2) is 30.5 Å². The maximum absolute atomic E-state index is 5.42. The standard InChI is InChI=1S/C21H30N4O2/c1-16-22-11-9-21(23-16)25-12-5-6-18(15-25)24(2)13-10-17-7-8-19(26-3)20(14-17)27-4/h7-9,11,14,18H,5-6,10,12-13,15H2,1-4H3. The molecule has 0 amide bonds. The maximum atomic E-state index is 5.42. The fourth-order valence-electron chi connectivity index (χ4n) is 3.67. The number of hydrogen-bond acceptors (Lipinski definition) is 6. The van der Waals surface area contributed by atoms with Crippen molar-refractivity contribution in [1.82, 2.24) is 14.9 Å². The van der Waals surface area contributed by atoms with Crippen LogP contribution in [0.1, 0.15) is 24.2 Å². The van der Waals surface area contributed by atoms with Gasteiger partial charge in [0, 0.05) is 31.9 Å². The number of anilines is 1. The number of likely N-dealkylation sites (N-methyl/N-ethyl adjacent to an activating group) is 1. The zero-order chi connectivity index (χ0) is 19.2. The van der Waals surface area contributed by atoms with Crippen molar-refractivity contribution in [2.24, 2.45) is 0 Å². The van der Waals surface area contributed by atoms with Gasteiger partial charge >= 0.3 is 0 Å². The second kappa shape index (κ2) is 9.04. The Morgan fingerprint density at radius 3 is 2.74 bits per heavy atom. The fraction of sp³-hybridized carbons (Fsp3) is 0.524. The quantitative estimate of drug-likeness (QED) is 0.747. The number of nitrogens with zero attached hydrogens (tertiary/aromatic N) is 4. The van der Waals surface area contributed by atoms with Crippen molar-refractivity contribution in [3.05, 3.63) is 41.9 Å². The van der Waals surface area contributed by atoms with Crippen molar-refractivity contribution in [3.8, 4) is 11.5 Å². The van der Waals surface area contributed by atoms with Crippen LogP contribution < -0.4 is 14.4 Å². The van der Waals surface area contributed by atoms with Crippen molar-refractivity contribution in [1.29, 1.82) is 0 Å². The first-order chi connectivity index (χ1) is 13.1. The zero-order valence-electron chi connectivity index (χ0n) is 16.8. The number of aromatic nitrogens is 2. The maximum Gasteiger partial charge on any atom is 0.160 e. The second-order valence-electron chi connectivity index (χ2n) is 7.12. The van der Waals surface area contributed by atoms with Gasteiger partial charge in [0.25, 0.3) is 0 Å². The summed E-state index contributed by atoms with van der Waals surface area (Å²) >= 11 is 0. The molecule has 0 radical (unpaired) electrons. The van der Waals surface area contributed by atoms with Gasteiger partial charge in [0.2, 0.25) is 0 Å². The third-order valence-corrected chi connectivity index (χ3v) is 5.31. The molecule has 1 fully saturated rings. The zero-order valence-corrected chi connectivity index (χ0v) is 16.8. The summed E-state index contributed by atoms with van der Waals surface area (Å²) in [6.45, 7) is 5.03. The molecule has 2 heterocycles. The lowest BCUT2D eigenvalue weighted by Crippen LogP contribution is -2.47. The Kier molecular flexibility index (Phi) is 6.50. The van der Waals surface area contributed by atoms with E-state index in [1.165, 1.54) is 18.4 Å². The van der Waals surface area contributed by atoms with E-state index in [1.54, 1.807) is 14.2 Å². The highest BCUT2D eigenvalue weighted by atomic mass is 16.5. The molecule has 0 spiro atoms. The molecule has 6 nitrogen and oxygen atoms in total. The number of rotatable bonds is 7. The average molecular weight is 370 g/mol. The molecule has 1 aliphatic heterocycles. The van der Waals surface area contributed by atoms with Gasteiger partial charge in [-0.2, -0.15) is 0 Å². The summed E-state index contributed by atoms with van der Waals surface area (Å²) in [5.41, 5.74) is 1.26. The topological polar surface area (TPSA) is 50.7 Å². The van der Waals surface area contributed by atoms with Crippen molar-refractivity contribution >= 4 is 5.82 Å². The van der Waals surface area contributed by atoms with Crippen molar-refractivity contribution in [3.63, 3.8) is 0 Å². The lowest BCUT2D eigenvalue weighted by atomic mass is 10.0. The highest BCUT2D eigenvalue weighted by molar-refractivity contribution is 5.43. The van der Waals surface area contributed by atoms with Crippen LogP contribution in [0.4, 0.5) is 5.82 Å². The van der Waals surface area contributed by atoms with E-state index in [9.17, 15) is 0 Å². The summed E-state index contributed by atoms with van der Waals surface area (Å²) < 4.78 is 10.7. The molecular formula is C21H30N4O2. The molecule has 0 saturated carbocycles. The van der Waals surface area contributed by atoms with Gasteiger partial charge in [0.05, 0.1) is 14.2 Å². The van der Waals surface area contributed by atoms with E-state index in [0.717, 1.165) is 49.2 Å². The van der Waals surface area contributed by atoms with E-state index < -0.39 is 0 Å². The van der Waals surface area contributed by atoms with Crippen LogP contribution in [0.25, 0.3) is 0 Å². The summed E-state index contributed by atoms with van der Waals surface area (Å²) in [5.74, 6) is 3.44. The summed E-state index contributed by atoms with van der Waals surface area (Å²) in [6.07, 6.45) is 5.25. The Morgan fingerprint density at radius 2 is 2.00 bits per heavy atom. The Hall–Kier alpha value is -2.34. The lowest BCUT2D eigenvalue weighted by molar-refractivity contribution is 0.217. The van der Waals surface area contributed by atoms with Gasteiger partial charge in [-0.1, -0.05) is 6.07 Å². The first-order valence-corrected chi connectivity index (χ1v) is 9.56. The van der Waals surface area contributed by atoms with Crippen LogP contribution in [0.3, 0.4) is 0 Å². The Bertz CT molecular complexity index is 753. The third-order valence-electron chi connectivity index (χ3n) is 5.31. The van der Waals surface area contributed by atoms with Crippen molar-refractivity contribution in [2.45, 2.75) is 32.2 Å². The summed E-state index contributed by atoms with van der Waals surface area (Å²) in [4.78, 5) is 13.7.